The first-order valence-corrected chi connectivity index (χ1v) is 5.41. The highest BCUT2D eigenvalue weighted by molar-refractivity contribution is 5.83. The van der Waals surface area contributed by atoms with Gasteiger partial charge in [-0.05, 0) is 18.8 Å². The van der Waals surface area contributed by atoms with E-state index >= 15 is 0 Å². The van der Waals surface area contributed by atoms with E-state index in [9.17, 15) is 9.90 Å². The lowest BCUT2D eigenvalue weighted by atomic mass is 9.86. The smallest absolute Gasteiger partial charge is 0.138 e. The molecule has 0 aromatic carbocycles. The lowest BCUT2D eigenvalue weighted by Gasteiger charge is -2.22. The van der Waals surface area contributed by atoms with Crippen molar-refractivity contribution in [3.05, 3.63) is 0 Å². The second-order valence-electron chi connectivity index (χ2n) is 4.06. The van der Waals surface area contributed by atoms with Crippen LogP contribution in [0.5, 0.6) is 0 Å². The predicted octanol–water partition coefficient (Wildman–Crippen LogP) is 2.15. The van der Waals surface area contributed by atoms with Crippen molar-refractivity contribution in [2.45, 2.75) is 52.1 Å². The Morgan fingerprint density at radius 3 is 2.77 bits per heavy atom. The van der Waals surface area contributed by atoms with Crippen molar-refractivity contribution in [1.29, 1.82) is 0 Å². The maximum atomic E-state index is 11.5. The second kappa shape index (κ2) is 4.75. The number of aliphatic hydroxyl groups excluding tert-OH is 1. The van der Waals surface area contributed by atoms with Gasteiger partial charge >= 0.3 is 0 Å². The van der Waals surface area contributed by atoms with Gasteiger partial charge in [0.25, 0.3) is 0 Å². The third-order valence-corrected chi connectivity index (χ3v) is 3.16. The van der Waals surface area contributed by atoms with Gasteiger partial charge in [0.1, 0.15) is 5.78 Å². The fraction of sp³-hybridized carbons (Fsp3) is 0.909. The third-order valence-electron chi connectivity index (χ3n) is 3.16. The molecule has 0 bridgehead atoms. The van der Waals surface area contributed by atoms with Crippen molar-refractivity contribution < 1.29 is 9.90 Å². The van der Waals surface area contributed by atoms with E-state index in [2.05, 4.69) is 6.92 Å². The summed E-state index contributed by atoms with van der Waals surface area (Å²) >= 11 is 0. The largest absolute Gasteiger partial charge is 0.392 e. The summed E-state index contributed by atoms with van der Waals surface area (Å²) in [6.07, 6.45) is 4.04. The molecule has 0 aliphatic heterocycles. The van der Waals surface area contributed by atoms with Crippen molar-refractivity contribution in [3.8, 4) is 0 Å². The first kappa shape index (κ1) is 10.7. The highest BCUT2D eigenvalue weighted by atomic mass is 16.3. The van der Waals surface area contributed by atoms with E-state index in [1.807, 2.05) is 6.92 Å². The molecule has 76 valence electrons. The first-order chi connectivity index (χ1) is 6.20. The molecular weight excluding hydrogens is 164 g/mol. The Morgan fingerprint density at radius 2 is 2.23 bits per heavy atom. The molecule has 13 heavy (non-hydrogen) atoms. The number of Topliss-reactive ketones (excluding diaryl/α,β-unsaturated/α-hetero) is 1. The average molecular weight is 184 g/mol. The SMILES string of the molecule is CCCC(O)C1C(=O)CCC1CC. The van der Waals surface area contributed by atoms with E-state index in [-0.39, 0.29) is 17.8 Å². The van der Waals surface area contributed by atoms with Crippen molar-refractivity contribution in [1.82, 2.24) is 0 Å². The van der Waals surface area contributed by atoms with E-state index in [1.165, 1.54) is 0 Å². The van der Waals surface area contributed by atoms with Gasteiger partial charge in [-0.15, -0.1) is 0 Å². The van der Waals surface area contributed by atoms with Crippen LogP contribution in [-0.4, -0.2) is 17.0 Å². The summed E-state index contributed by atoms with van der Waals surface area (Å²) in [5.41, 5.74) is 0. The Labute approximate surface area is 80.3 Å². The Kier molecular flexibility index (Phi) is 3.91. The first-order valence-electron chi connectivity index (χ1n) is 5.41. The summed E-state index contributed by atoms with van der Waals surface area (Å²) in [6, 6.07) is 0. The minimum Gasteiger partial charge on any atom is -0.392 e. The normalized spacial score (nSPS) is 30.8. The van der Waals surface area contributed by atoms with Gasteiger partial charge in [0.15, 0.2) is 0 Å². The van der Waals surface area contributed by atoms with Gasteiger partial charge in [-0.25, -0.2) is 0 Å². The van der Waals surface area contributed by atoms with Gasteiger partial charge in [0, 0.05) is 12.3 Å². The van der Waals surface area contributed by atoms with E-state index in [0.717, 1.165) is 25.7 Å². The maximum absolute atomic E-state index is 11.5. The van der Waals surface area contributed by atoms with Crippen LogP contribution in [-0.2, 0) is 4.79 Å². The zero-order valence-corrected chi connectivity index (χ0v) is 8.62. The van der Waals surface area contributed by atoms with Gasteiger partial charge < -0.3 is 5.11 Å². The molecule has 1 aliphatic rings. The lowest BCUT2D eigenvalue weighted by Crippen LogP contribution is -2.28. The number of carbonyl (C=O) groups is 1. The van der Waals surface area contributed by atoms with Crippen LogP contribution in [0.4, 0.5) is 0 Å². The maximum Gasteiger partial charge on any atom is 0.138 e. The third kappa shape index (κ3) is 2.31. The molecule has 1 fully saturated rings. The monoisotopic (exact) mass is 184 g/mol. The zero-order valence-electron chi connectivity index (χ0n) is 8.62. The molecule has 1 rings (SSSR count). The van der Waals surface area contributed by atoms with Crippen molar-refractivity contribution in [2.24, 2.45) is 11.8 Å². The highest BCUT2D eigenvalue weighted by Crippen LogP contribution is 2.34. The molecule has 3 atom stereocenters. The number of hydrogen-bond acceptors (Lipinski definition) is 2. The van der Waals surface area contributed by atoms with Crippen LogP contribution in [0.25, 0.3) is 0 Å². The number of hydrogen-bond donors (Lipinski definition) is 1. The van der Waals surface area contributed by atoms with Crippen molar-refractivity contribution >= 4 is 5.78 Å². The fourth-order valence-electron chi connectivity index (χ4n) is 2.40. The summed E-state index contributed by atoms with van der Waals surface area (Å²) in [7, 11) is 0. The number of rotatable bonds is 4. The van der Waals surface area contributed by atoms with Gasteiger partial charge in [0.05, 0.1) is 6.10 Å². The number of aliphatic hydroxyl groups is 1. The molecule has 2 heteroatoms. The Hall–Kier alpha value is -0.370. The van der Waals surface area contributed by atoms with Gasteiger partial charge in [0.2, 0.25) is 0 Å². The van der Waals surface area contributed by atoms with Gasteiger partial charge in [-0.3, -0.25) is 4.79 Å². The van der Waals surface area contributed by atoms with E-state index in [1.54, 1.807) is 0 Å². The molecule has 0 aromatic rings. The predicted molar refractivity (Wildman–Crippen MR) is 52.4 cm³/mol. The van der Waals surface area contributed by atoms with Crippen molar-refractivity contribution in [2.75, 3.05) is 0 Å². The molecule has 0 saturated heterocycles. The molecule has 1 aliphatic carbocycles. The minimum atomic E-state index is -0.384. The number of carbonyl (C=O) groups excluding carboxylic acids is 1. The molecule has 1 saturated carbocycles. The molecule has 1 N–H and O–H groups in total. The molecule has 2 nitrogen and oxygen atoms in total. The lowest BCUT2D eigenvalue weighted by molar-refractivity contribution is -0.124. The van der Waals surface area contributed by atoms with E-state index in [0.29, 0.717) is 12.3 Å². The zero-order chi connectivity index (χ0) is 9.84. The summed E-state index contributed by atoms with van der Waals surface area (Å²) < 4.78 is 0. The molecule has 0 spiro atoms. The van der Waals surface area contributed by atoms with Gasteiger partial charge in [-0.2, -0.15) is 0 Å². The van der Waals surface area contributed by atoms with E-state index in [4.69, 9.17) is 0 Å². The summed E-state index contributed by atoms with van der Waals surface area (Å²) in [5, 5.41) is 9.80. The topological polar surface area (TPSA) is 37.3 Å². The van der Waals surface area contributed by atoms with Crippen LogP contribution in [0.3, 0.4) is 0 Å². The average Bonchev–Trinajstić information content (AvgIpc) is 2.47. The molecule has 3 unspecified atom stereocenters. The molecule has 0 amide bonds. The van der Waals surface area contributed by atoms with Crippen LogP contribution in [0.2, 0.25) is 0 Å². The Morgan fingerprint density at radius 1 is 1.54 bits per heavy atom. The molecular formula is C11H20O2. The summed E-state index contributed by atoms with van der Waals surface area (Å²) in [4.78, 5) is 11.5. The number of ketones is 1. The Bertz CT molecular complexity index is 177. The van der Waals surface area contributed by atoms with Crippen LogP contribution < -0.4 is 0 Å². The fourth-order valence-corrected chi connectivity index (χ4v) is 2.40. The Balaban J connectivity index is 2.57. The van der Waals surface area contributed by atoms with Crippen LogP contribution in [0.1, 0.15) is 46.0 Å². The quantitative estimate of drug-likeness (QED) is 0.727. The van der Waals surface area contributed by atoms with Crippen molar-refractivity contribution in [3.63, 3.8) is 0 Å². The van der Waals surface area contributed by atoms with Crippen LogP contribution in [0.15, 0.2) is 0 Å². The van der Waals surface area contributed by atoms with E-state index < -0.39 is 0 Å². The second-order valence-corrected chi connectivity index (χ2v) is 4.06. The molecule has 0 radical (unpaired) electrons. The van der Waals surface area contributed by atoms with Gasteiger partial charge in [-0.1, -0.05) is 26.7 Å². The summed E-state index contributed by atoms with van der Waals surface area (Å²) in [6.45, 7) is 4.15. The van der Waals surface area contributed by atoms with Crippen LogP contribution >= 0.6 is 0 Å². The minimum absolute atomic E-state index is 0.0510. The standard InChI is InChI=1S/C11H20O2/c1-3-5-9(12)11-8(4-2)6-7-10(11)13/h8-9,11-12H,3-7H2,1-2H3. The highest BCUT2D eigenvalue weighted by Gasteiger charge is 2.37. The van der Waals surface area contributed by atoms with Crippen LogP contribution in [0, 0.1) is 11.8 Å². The molecule has 0 aromatic heterocycles. The summed E-state index contributed by atoms with van der Waals surface area (Å²) in [5.74, 6) is 0.673. The molecule has 0 heterocycles.